The van der Waals surface area contributed by atoms with Crippen molar-refractivity contribution in [1.82, 2.24) is 9.88 Å². The van der Waals surface area contributed by atoms with Crippen LogP contribution >= 0.6 is 11.3 Å². The minimum absolute atomic E-state index is 0.0112. The van der Waals surface area contributed by atoms with E-state index in [1.165, 1.54) is 11.3 Å². The second kappa shape index (κ2) is 7.09. The largest absolute Gasteiger partial charge is 0.383 e. The molecule has 0 atom stereocenters. The summed E-state index contributed by atoms with van der Waals surface area (Å²) in [6.45, 7) is 7.00. The molecule has 2 N–H and O–H groups in total. The number of hydrogen-bond acceptors (Lipinski definition) is 6. The molecule has 2 rings (SSSR count). The Hall–Kier alpha value is -1.34. The van der Waals surface area contributed by atoms with E-state index in [9.17, 15) is 4.79 Å². The van der Waals surface area contributed by atoms with Crippen molar-refractivity contribution in [2.45, 2.75) is 32.7 Å². The maximum atomic E-state index is 12.7. The fourth-order valence-corrected chi connectivity index (χ4v) is 3.33. The van der Waals surface area contributed by atoms with E-state index in [1.807, 2.05) is 4.90 Å². The van der Waals surface area contributed by atoms with E-state index in [2.05, 4.69) is 23.7 Å². The summed E-state index contributed by atoms with van der Waals surface area (Å²) in [4.78, 5) is 21.6. The van der Waals surface area contributed by atoms with Gasteiger partial charge >= 0.3 is 0 Å². The molecule has 0 spiro atoms. The van der Waals surface area contributed by atoms with Gasteiger partial charge in [-0.25, -0.2) is 4.98 Å². The van der Waals surface area contributed by atoms with Gasteiger partial charge in [0, 0.05) is 32.8 Å². The van der Waals surface area contributed by atoms with Crippen LogP contribution < -0.4 is 10.6 Å². The third kappa shape index (κ3) is 3.65. The van der Waals surface area contributed by atoms with E-state index in [0.717, 1.165) is 31.1 Å². The van der Waals surface area contributed by atoms with Crippen molar-refractivity contribution in [1.29, 1.82) is 0 Å². The lowest BCUT2D eigenvalue weighted by Crippen LogP contribution is -2.35. The summed E-state index contributed by atoms with van der Waals surface area (Å²) in [5, 5.41) is 0.823. The van der Waals surface area contributed by atoms with Crippen LogP contribution in [-0.4, -0.2) is 55.2 Å². The minimum Gasteiger partial charge on any atom is -0.383 e. The molecule has 1 aliphatic rings. The fraction of sp³-hybridized carbons (Fsp3) is 0.714. The maximum absolute atomic E-state index is 12.7. The summed E-state index contributed by atoms with van der Waals surface area (Å²) in [7, 11) is 1.65. The summed E-state index contributed by atoms with van der Waals surface area (Å²) < 4.78 is 5.10. The van der Waals surface area contributed by atoms with Crippen LogP contribution in [0.4, 0.5) is 10.9 Å². The summed E-state index contributed by atoms with van der Waals surface area (Å²) >= 11 is 1.39. The number of anilines is 2. The average molecular weight is 312 g/mol. The van der Waals surface area contributed by atoms with Crippen LogP contribution in [0.5, 0.6) is 0 Å². The molecule has 1 aromatic heterocycles. The molecule has 21 heavy (non-hydrogen) atoms. The van der Waals surface area contributed by atoms with Crippen LogP contribution in [0.3, 0.4) is 0 Å². The van der Waals surface area contributed by atoms with Gasteiger partial charge in [-0.05, 0) is 26.7 Å². The van der Waals surface area contributed by atoms with Crippen molar-refractivity contribution in [2.75, 3.05) is 44.0 Å². The van der Waals surface area contributed by atoms with Gasteiger partial charge < -0.3 is 20.3 Å². The van der Waals surface area contributed by atoms with E-state index in [0.29, 0.717) is 29.9 Å². The zero-order valence-electron chi connectivity index (χ0n) is 13.0. The van der Waals surface area contributed by atoms with Gasteiger partial charge in [-0.15, -0.1) is 0 Å². The average Bonchev–Trinajstić information content (AvgIpc) is 3.23. The van der Waals surface area contributed by atoms with Crippen molar-refractivity contribution < 1.29 is 9.53 Å². The number of nitrogen functional groups attached to an aromatic ring is 1. The molecule has 0 saturated heterocycles. The summed E-state index contributed by atoms with van der Waals surface area (Å²) in [5.41, 5.74) is 5.97. The Kier molecular flexibility index (Phi) is 5.41. The van der Waals surface area contributed by atoms with E-state index in [-0.39, 0.29) is 5.91 Å². The number of thiazole rings is 1. The highest BCUT2D eigenvalue weighted by molar-refractivity contribution is 7.18. The summed E-state index contributed by atoms with van der Waals surface area (Å²) in [6.07, 6.45) is 2.13. The number of ether oxygens (including phenoxy) is 1. The minimum atomic E-state index is -0.0112. The fourth-order valence-electron chi connectivity index (χ4n) is 2.26. The van der Waals surface area contributed by atoms with Crippen molar-refractivity contribution >= 4 is 28.2 Å². The summed E-state index contributed by atoms with van der Waals surface area (Å²) in [5.74, 6) is 0.331. The molecule has 6 nitrogen and oxygen atoms in total. The van der Waals surface area contributed by atoms with E-state index in [4.69, 9.17) is 10.5 Å². The smallest absolute Gasteiger partial charge is 0.268 e. The van der Waals surface area contributed by atoms with Crippen molar-refractivity contribution in [3.63, 3.8) is 0 Å². The monoisotopic (exact) mass is 312 g/mol. The van der Waals surface area contributed by atoms with Crippen LogP contribution in [0.25, 0.3) is 0 Å². The van der Waals surface area contributed by atoms with Crippen LogP contribution in [0.2, 0.25) is 0 Å². The molecule has 1 amide bonds. The lowest BCUT2D eigenvalue weighted by molar-refractivity contribution is 0.0685. The molecule has 1 aromatic rings. The topological polar surface area (TPSA) is 71.7 Å². The Balaban J connectivity index is 2.17. The highest BCUT2D eigenvalue weighted by Gasteiger charge is 2.34. The van der Waals surface area contributed by atoms with Gasteiger partial charge in [0.25, 0.3) is 5.91 Å². The maximum Gasteiger partial charge on any atom is 0.268 e. The molecule has 1 heterocycles. The second-order valence-electron chi connectivity index (χ2n) is 5.11. The Morgan fingerprint density at radius 2 is 2.10 bits per heavy atom. The predicted molar refractivity (Wildman–Crippen MR) is 86.0 cm³/mol. The van der Waals surface area contributed by atoms with Crippen LogP contribution in [0.15, 0.2) is 0 Å². The first kappa shape index (κ1) is 16.0. The molecule has 118 valence electrons. The van der Waals surface area contributed by atoms with Gasteiger partial charge in [0.2, 0.25) is 0 Å². The first-order valence-electron chi connectivity index (χ1n) is 7.43. The Morgan fingerprint density at radius 1 is 1.43 bits per heavy atom. The molecule has 1 fully saturated rings. The number of nitrogens with zero attached hydrogens (tertiary/aromatic N) is 3. The molecule has 1 saturated carbocycles. The number of methoxy groups -OCH3 is 1. The number of amides is 1. The standard InChI is InChI=1S/C14H24N4O2S/c1-4-17(5-2)14-16-12(15)11(21-14)13(19)18(8-9-20-3)10-6-7-10/h10H,4-9,15H2,1-3H3. The van der Waals surface area contributed by atoms with E-state index >= 15 is 0 Å². The van der Waals surface area contributed by atoms with Gasteiger partial charge in [-0.2, -0.15) is 0 Å². The SMILES string of the molecule is CCN(CC)c1nc(N)c(C(=O)N(CCOC)C2CC2)s1. The number of carbonyl (C=O) groups is 1. The lowest BCUT2D eigenvalue weighted by atomic mass is 10.3. The Morgan fingerprint density at radius 3 is 2.62 bits per heavy atom. The normalized spacial score (nSPS) is 14.2. The summed E-state index contributed by atoms with van der Waals surface area (Å²) in [6, 6.07) is 0.339. The second-order valence-corrected chi connectivity index (χ2v) is 6.08. The molecule has 0 unspecified atom stereocenters. The van der Waals surface area contributed by atoms with E-state index < -0.39 is 0 Å². The molecule has 1 aliphatic carbocycles. The molecular formula is C14H24N4O2S. The van der Waals surface area contributed by atoms with Gasteiger partial charge in [-0.3, -0.25) is 4.79 Å². The van der Waals surface area contributed by atoms with Gasteiger partial charge in [0.15, 0.2) is 5.13 Å². The van der Waals surface area contributed by atoms with Crippen molar-refractivity contribution in [3.8, 4) is 0 Å². The van der Waals surface area contributed by atoms with Crippen LogP contribution in [0.1, 0.15) is 36.4 Å². The predicted octanol–water partition coefficient (Wildman–Crippen LogP) is 1.82. The zero-order valence-corrected chi connectivity index (χ0v) is 13.8. The highest BCUT2D eigenvalue weighted by atomic mass is 32.1. The van der Waals surface area contributed by atoms with Crippen LogP contribution in [0, 0.1) is 0 Å². The molecule has 0 aliphatic heterocycles. The number of hydrogen-bond donors (Lipinski definition) is 1. The zero-order chi connectivity index (χ0) is 15.4. The van der Waals surface area contributed by atoms with E-state index in [1.54, 1.807) is 7.11 Å². The van der Waals surface area contributed by atoms with Crippen molar-refractivity contribution in [3.05, 3.63) is 4.88 Å². The number of nitrogens with two attached hydrogens (primary N) is 1. The quantitative estimate of drug-likeness (QED) is 0.793. The van der Waals surface area contributed by atoms with Gasteiger partial charge in [0.1, 0.15) is 10.7 Å². The first-order chi connectivity index (χ1) is 10.1. The first-order valence-corrected chi connectivity index (χ1v) is 8.25. The molecule has 0 aromatic carbocycles. The molecule has 7 heteroatoms. The Bertz CT molecular complexity index is 483. The van der Waals surface area contributed by atoms with Crippen LogP contribution in [-0.2, 0) is 4.74 Å². The lowest BCUT2D eigenvalue weighted by Gasteiger charge is -2.21. The van der Waals surface area contributed by atoms with Gasteiger partial charge in [-0.1, -0.05) is 11.3 Å². The Labute approximate surface area is 129 Å². The molecular weight excluding hydrogens is 288 g/mol. The van der Waals surface area contributed by atoms with Gasteiger partial charge in [0.05, 0.1) is 6.61 Å². The number of aromatic nitrogens is 1. The third-order valence-electron chi connectivity index (χ3n) is 3.66. The molecule has 0 bridgehead atoms. The molecule has 0 radical (unpaired) electrons. The third-order valence-corrected chi connectivity index (χ3v) is 4.78. The number of rotatable bonds is 8. The van der Waals surface area contributed by atoms with Crippen molar-refractivity contribution in [2.24, 2.45) is 0 Å². The highest BCUT2D eigenvalue weighted by Crippen LogP contribution is 2.33. The number of carbonyl (C=O) groups excluding carboxylic acids is 1.